The third-order valence-corrected chi connectivity index (χ3v) is 3.31. The lowest BCUT2D eigenvalue weighted by Gasteiger charge is -2.37. The van der Waals surface area contributed by atoms with Crippen molar-refractivity contribution < 1.29 is 0 Å². The van der Waals surface area contributed by atoms with Crippen LogP contribution in [0.3, 0.4) is 0 Å². The van der Waals surface area contributed by atoms with E-state index < -0.39 is 0 Å². The van der Waals surface area contributed by atoms with Gasteiger partial charge in [0.1, 0.15) is 0 Å². The summed E-state index contributed by atoms with van der Waals surface area (Å²) in [6.07, 6.45) is 0. The summed E-state index contributed by atoms with van der Waals surface area (Å²) in [6, 6.07) is 0.425. The Labute approximate surface area is 111 Å². The number of nitrogens with zero attached hydrogens (tertiary/aromatic N) is 3. The van der Waals surface area contributed by atoms with Gasteiger partial charge in [0.05, 0.1) is 0 Å². The summed E-state index contributed by atoms with van der Waals surface area (Å²) in [5.41, 5.74) is 0. The van der Waals surface area contributed by atoms with E-state index in [0.717, 1.165) is 44.4 Å². The Morgan fingerprint density at radius 2 is 1.82 bits per heavy atom. The minimum Gasteiger partial charge on any atom is -0.360 e. The topological polar surface area (TPSA) is 21.8 Å². The van der Waals surface area contributed by atoms with Crippen molar-refractivity contribution in [1.82, 2.24) is 20.0 Å². The highest BCUT2D eigenvalue weighted by Gasteiger charge is 2.18. The number of likely N-dealkylation sites (N-methyl/N-ethyl adjacent to an activating group) is 1. The summed E-state index contributed by atoms with van der Waals surface area (Å²) < 4.78 is 0. The maximum absolute atomic E-state index is 5.38. The summed E-state index contributed by atoms with van der Waals surface area (Å²) >= 11 is 5.38. The van der Waals surface area contributed by atoms with Gasteiger partial charge in [0.2, 0.25) is 0 Å². The first kappa shape index (κ1) is 14.7. The van der Waals surface area contributed by atoms with Crippen LogP contribution in [0, 0.1) is 0 Å². The van der Waals surface area contributed by atoms with Crippen molar-refractivity contribution >= 4 is 17.3 Å². The van der Waals surface area contributed by atoms with E-state index >= 15 is 0 Å². The Morgan fingerprint density at radius 1 is 1.24 bits per heavy atom. The standard InChI is InChI=1S/C12H26N4S/c1-11(2)13-12(17)16-9-7-15(8-10-16)6-5-14(3)4/h11H,5-10H2,1-4H3,(H,13,17). The number of nitrogens with one attached hydrogen (secondary N) is 1. The van der Waals surface area contributed by atoms with Crippen molar-refractivity contribution in [2.24, 2.45) is 0 Å². The van der Waals surface area contributed by atoms with Crippen molar-refractivity contribution in [2.45, 2.75) is 19.9 Å². The largest absolute Gasteiger partial charge is 0.360 e. The van der Waals surface area contributed by atoms with Gasteiger partial charge >= 0.3 is 0 Å². The maximum atomic E-state index is 5.38. The number of rotatable bonds is 4. The van der Waals surface area contributed by atoms with Gasteiger partial charge in [-0.1, -0.05) is 0 Å². The monoisotopic (exact) mass is 258 g/mol. The van der Waals surface area contributed by atoms with Gasteiger partial charge in [-0.05, 0) is 40.2 Å². The molecule has 0 amide bonds. The molecule has 0 atom stereocenters. The molecule has 1 aliphatic heterocycles. The fraction of sp³-hybridized carbons (Fsp3) is 0.917. The lowest BCUT2D eigenvalue weighted by Crippen LogP contribution is -2.53. The average Bonchev–Trinajstić information content (AvgIpc) is 2.26. The number of piperazine rings is 1. The molecular weight excluding hydrogens is 232 g/mol. The van der Waals surface area contributed by atoms with Crippen LogP contribution in [-0.2, 0) is 0 Å². The smallest absolute Gasteiger partial charge is 0.169 e. The van der Waals surface area contributed by atoms with Crippen LogP contribution in [0.1, 0.15) is 13.8 Å². The third kappa shape index (κ3) is 5.66. The minimum absolute atomic E-state index is 0.425. The highest BCUT2D eigenvalue weighted by atomic mass is 32.1. The van der Waals surface area contributed by atoms with E-state index in [2.05, 4.69) is 48.0 Å². The zero-order valence-corrected chi connectivity index (χ0v) is 12.4. The summed E-state index contributed by atoms with van der Waals surface area (Å²) in [6.45, 7) is 10.9. The Balaban J connectivity index is 2.23. The lowest BCUT2D eigenvalue weighted by molar-refractivity contribution is 0.168. The molecule has 4 nitrogen and oxygen atoms in total. The molecule has 0 aromatic heterocycles. The predicted molar refractivity (Wildman–Crippen MR) is 77.4 cm³/mol. The molecule has 0 bridgehead atoms. The van der Waals surface area contributed by atoms with Crippen LogP contribution in [0.2, 0.25) is 0 Å². The zero-order valence-electron chi connectivity index (χ0n) is 11.6. The van der Waals surface area contributed by atoms with Crippen molar-refractivity contribution in [2.75, 3.05) is 53.4 Å². The highest BCUT2D eigenvalue weighted by molar-refractivity contribution is 7.80. The fourth-order valence-electron chi connectivity index (χ4n) is 1.85. The van der Waals surface area contributed by atoms with Crippen LogP contribution in [0.15, 0.2) is 0 Å². The molecule has 100 valence electrons. The van der Waals surface area contributed by atoms with E-state index in [1.165, 1.54) is 0 Å². The summed E-state index contributed by atoms with van der Waals surface area (Å²) in [5.74, 6) is 0. The van der Waals surface area contributed by atoms with Crippen LogP contribution >= 0.6 is 12.2 Å². The molecule has 0 unspecified atom stereocenters. The van der Waals surface area contributed by atoms with Gasteiger partial charge in [-0.3, -0.25) is 4.90 Å². The van der Waals surface area contributed by atoms with Gasteiger partial charge in [0.25, 0.3) is 0 Å². The fourth-order valence-corrected chi connectivity index (χ4v) is 2.27. The van der Waals surface area contributed by atoms with Crippen molar-refractivity contribution in [3.63, 3.8) is 0 Å². The molecule has 1 rings (SSSR count). The second-order valence-electron chi connectivity index (χ2n) is 5.24. The molecular formula is C12H26N4S. The SMILES string of the molecule is CC(C)NC(=S)N1CCN(CCN(C)C)CC1. The first-order valence-corrected chi connectivity index (χ1v) is 6.82. The molecule has 1 saturated heterocycles. The predicted octanol–water partition coefficient (Wildman–Crippen LogP) is 0.449. The van der Waals surface area contributed by atoms with Crippen LogP contribution in [-0.4, -0.2) is 79.2 Å². The van der Waals surface area contributed by atoms with E-state index in [0.29, 0.717) is 6.04 Å². The molecule has 0 aromatic carbocycles. The van der Waals surface area contributed by atoms with Crippen molar-refractivity contribution in [3.8, 4) is 0 Å². The van der Waals surface area contributed by atoms with Gasteiger partial charge in [-0.25, -0.2) is 0 Å². The van der Waals surface area contributed by atoms with Gasteiger partial charge in [-0.2, -0.15) is 0 Å². The molecule has 0 saturated carbocycles. The zero-order chi connectivity index (χ0) is 12.8. The Bertz CT molecular complexity index is 235. The Kier molecular flexibility index (Phi) is 6.16. The van der Waals surface area contributed by atoms with Crippen molar-refractivity contribution in [3.05, 3.63) is 0 Å². The van der Waals surface area contributed by atoms with Gasteiger partial charge in [-0.15, -0.1) is 0 Å². The van der Waals surface area contributed by atoms with Crippen molar-refractivity contribution in [1.29, 1.82) is 0 Å². The second-order valence-corrected chi connectivity index (χ2v) is 5.62. The van der Waals surface area contributed by atoms with Gasteiger partial charge in [0.15, 0.2) is 5.11 Å². The quantitative estimate of drug-likeness (QED) is 0.737. The van der Waals surface area contributed by atoms with Gasteiger partial charge < -0.3 is 15.1 Å². The maximum Gasteiger partial charge on any atom is 0.169 e. The van der Waals surface area contributed by atoms with E-state index in [9.17, 15) is 0 Å². The molecule has 0 spiro atoms. The summed E-state index contributed by atoms with van der Waals surface area (Å²) in [4.78, 5) is 7.02. The molecule has 1 aliphatic rings. The van der Waals surface area contributed by atoms with Gasteiger partial charge in [0, 0.05) is 45.3 Å². The van der Waals surface area contributed by atoms with Crippen LogP contribution < -0.4 is 5.32 Å². The molecule has 1 N–H and O–H groups in total. The Hall–Kier alpha value is -0.390. The molecule has 0 aliphatic carbocycles. The van der Waals surface area contributed by atoms with E-state index in [-0.39, 0.29) is 0 Å². The van der Waals surface area contributed by atoms with Crippen LogP contribution in [0.25, 0.3) is 0 Å². The Morgan fingerprint density at radius 3 is 2.29 bits per heavy atom. The van der Waals surface area contributed by atoms with Crippen LogP contribution in [0.4, 0.5) is 0 Å². The molecule has 0 radical (unpaired) electrons. The first-order chi connectivity index (χ1) is 7.99. The minimum atomic E-state index is 0.425. The van der Waals surface area contributed by atoms with E-state index in [4.69, 9.17) is 12.2 Å². The molecule has 1 heterocycles. The lowest BCUT2D eigenvalue weighted by atomic mass is 10.3. The summed E-state index contributed by atoms with van der Waals surface area (Å²) in [5, 5.41) is 4.22. The third-order valence-electron chi connectivity index (χ3n) is 2.94. The van der Waals surface area contributed by atoms with E-state index in [1.807, 2.05) is 0 Å². The average molecular weight is 258 g/mol. The number of hydrogen-bond acceptors (Lipinski definition) is 3. The second kappa shape index (κ2) is 7.13. The molecule has 0 aromatic rings. The first-order valence-electron chi connectivity index (χ1n) is 6.41. The van der Waals surface area contributed by atoms with E-state index in [1.54, 1.807) is 0 Å². The molecule has 5 heteroatoms. The number of hydrogen-bond donors (Lipinski definition) is 1. The van der Waals surface area contributed by atoms with Crippen LogP contribution in [0.5, 0.6) is 0 Å². The molecule has 17 heavy (non-hydrogen) atoms. The summed E-state index contributed by atoms with van der Waals surface area (Å²) in [7, 11) is 4.25. The highest BCUT2D eigenvalue weighted by Crippen LogP contribution is 2.02. The normalized spacial score (nSPS) is 17.9. The number of thiocarbonyl (C=S) groups is 1. The molecule has 1 fully saturated rings.